The minimum Gasteiger partial charge on any atom is -0.387 e. The van der Waals surface area contributed by atoms with Crippen molar-refractivity contribution in [3.8, 4) is 0 Å². The summed E-state index contributed by atoms with van der Waals surface area (Å²) in [7, 11) is 0. The zero-order valence-electron chi connectivity index (χ0n) is 8.91. The second-order valence-corrected chi connectivity index (χ2v) is 4.77. The Balaban J connectivity index is 2.42. The summed E-state index contributed by atoms with van der Waals surface area (Å²) >= 11 is 0. The number of aliphatic hydroxyl groups is 1. The zero-order chi connectivity index (χ0) is 10.9. The first-order chi connectivity index (χ1) is 6.36. The van der Waals surface area contributed by atoms with Gasteiger partial charge in [-0.05, 0) is 0 Å². The molecule has 1 N–H and O–H groups in total. The number of Topliss-reactive ketones (excluding diaryl/α,β-unsaturated/α-hetero) is 1. The molecule has 1 aliphatic heterocycles. The summed E-state index contributed by atoms with van der Waals surface area (Å²) in [6, 6.07) is 0. The second kappa shape index (κ2) is 3.69. The Morgan fingerprint density at radius 2 is 1.86 bits per heavy atom. The highest BCUT2D eigenvalue weighted by molar-refractivity contribution is 5.89. The molecule has 0 aliphatic carbocycles. The monoisotopic (exact) mass is 199 g/mol. The highest BCUT2D eigenvalue weighted by Crippen LogP contribution is 2.26. The van der Waals surface area contributed by atoms with E-state index in [1.54, 1.807) is 0 Å². The summed E-state index contributed by atoms with van der Waals surface area (Å²) in [5.74, 6) is -0.132. The maximum atomic E-state index is 11.7. The maximum Gasteiger partial charge on any atom is 0.248 e. The largest absolute Gasteiger partial charge is 0.387 e. The molecule has 1 fully saturated rings. The Hall–Kier alpha value is -0.900. The first-order valence-corrected chi connectivity index (χ1v) is 4.79. The van der Waals surface area contributed by atoms with Crippen molar-refractivity contribution in [2.45, 2.75) is 20.8 Å². The van der Waals surface area contributed by atoms with E-state index in [9.17, 15) is 9.59 Å². The van der Waals surface area contributed by atoms with Gasteiger partial charge in [-0.1, -0.05) is 20.8 Å². The third kappa shape index (κ3) is 2.12. The molecular formula is C10H17NO3. The molecule has 0 spiro atoms. The van der Waals surface area contributed by atoms with Crippen molar-refractivity contribution in [2.24, 2.45) is 11.3 Å². The number of rotatable bonds is 2. The molecule has 0 aromatic rings. The van der Waals surface area contributed by atoms with Crippen molar-refractivity contribution in [1.82, 2.24) is 4.90 Å². The summed E-state index contributed by atoms with van der Waals surface area (Å²) in [5, 5.41) is 8.58. The molecule has 0 unspecified atom stereocenters. The van der Waals surface area contributed by atoms with Gasteiger partial charge in [0.25, 0.3) is 0 Å². The highest BCUT2D eigenvalue weighted by atomic mass is 16.3. The number of amides is 1. The molecule has 0 radical (unpaired) electrons. The molecule has 0 aromatic carbocycles. The predicted octanol–water partition coefficient (Wildman–Crippen LogP) is 0.0523. The molecular weight excluding hydrogens is 182 g/mol. The molecule has 1 rings (SSSR count). The number of nitrogens with zero attached hydrogens (tertiary/aromatic N) is 1. The van der Waals surface area contributed by atoms with Gasteiger partial charge in [0.1, 0.15) is 12.4 Å². The number of aliphatic hydroxyl groups excluding tert-OH is 1. The van der Waals surface area contributed by atoms with Crippen molar-refractivity contribution >= 4 is 11.7 Å². The topological polar surface area (TPSA) is 57.6 Å². The van der Waals surface area contributed by atoms with E-state index in [1.807, 2.05) is 20.8 Å². The Labute approximate surface area is 83.9 Å². The van der Waals surface area contributed by atoms with Gasteiger partial charge < -0.3 is 10.0 Å². The molecule has 14 heavy (non-hydrogen) atoms. The van der Waals surface area contributed by atoms with Crippen molar-refractivity contribution in [3.63, 3.8) is 0 Å². The number of hydrogen-bond donors (Lipinski definition) is 1. The van der Waals surface area contributed by atoms with Crippen LogP contribution in [0.1, 0.15) is 20.8 Å². The average Bonchev–Trinajstić information content (AvgIpc) is 1.99. The van der Waals surface area contributed by atoms with E-state index < -0.39 is 6.61 Å². The molecule has 1 saturated heterocycles. The van der Waals surface area contributed by atoms with Crippen LogP contribution in [0.5, 0.6) is 0 Å². The van der Waals surface area contributed by atoms with Gasteiger partial charge in [0, 0.05) is 18.5 Å². The molecule has 1 amide bonds. The smallest absolute Gasteiger partial charge is 0.248 e. The maximum absolute atomic E-state index is 11.7. The van der Waals surface area contributed by atoms with Crippen LogP contribution in [0.3, 0.4) is 0 Å². The molecule has 0 aromatic heterocycles. The Morgan fingerprint density at radius 3 is 2.21 bits per heavy atom. The zero-order valence-corrected chi connectivity index (χ0v) is 8.91. The van der Waals surface area contributed by atoms with Gasteiger partial charge in [0.15, 0.2) is 0 Å². The van der Waals surface area contributed by atoms with E-state index in [0.29, 0.717) is 13.1 Å². The van der Waals surface area contributed by atoms with Crippen LogP contribution in [0.2, 0.25) is 0 Å². The average molecular weight is 199 g/mol. The number of likely N-dealkylation sites (tertiary alicyclic amines) is 1. The Morgan fingerprint density at radius 1 is 1.36 bits per heavy atom. The Bertz CT molecular complexity index is 249. The summed E-state index contributed by atoms with van der Waals surface area (Å²) in [6.45, 7) is 6.12. The van der Waals surface area contributed by atoms with E-state index in [1.165, 1.54) is 4.90 Å². The fourth-order valence-electron chi connectivity index (χ4n) is 1.56. The molecule has 4 nitrogen and oxygen atoms in total. The lowest BCUT2D eigenvalue weighted by Gasteiger charge is -2.40. The third-order valence-corrected chi connectivity index (χ3v) is 2.48. The minimum absolute atomic E-state index is 0.0366. The van der Waals surface area contributed by atoms with Crippen LogP contribution in [0.4, 0.5) is 0 Å². The van der Waals surface area contributed by atoms with Gasteiger partial charge in [0.05, 0.1) is 5.92 Å². The van der Waals surface area contributed by atoms with E-state index in [-0.39, 0.29) is 23.0 Å². The quantitative estimate of drug-likeness (QED) is 0.683. The number of carbonyl (C=O) groups excluding carboxylic acids is 2. The first kappa shape index (κ1) is 11.2. The van der Waals surface area contributed by atoms with Gasteiger partial charge in [0.2, 0.25) is 5.91 Å². The summed E-state index contributed by atoms with van der Waals surface area (Å²) in [6.07, 6.45) is 0. The van der Waals surface area contributed by atoms with Crippen LogP contribution in [-0.4, -0.2) is 41.4 Å². The number of ketones is 1. The second-order valence-electron chi connectivity index (χ2n) is 4.77. The van der Waals surface area contributed by atoms with Crippen LogP contribution in [0.15, 0.2) is 0 Å². The fourth-order valence-corrected chi connectivity index (χ4v) is 1.56. The van der Waals surface area contributed by atoms with Gasteiger partial charge in [-0.15, -0.1) is 0 Å². The van der Waals surface area contributed by atoms with Crippen LogP contribution in [0.25, 0.3) is 0 Å². The highest BCUT2D eigenvalue weighted by Gasteiger charge is 2.39. The standard InChI is InChI=1S/C10H17NO3/c1-10(2,3)9(14)7-4-11(5-7)8(13)6-12/h7,12H,4-6H2,1-3H3. The lowest BCUT2D eigenvalue weighted by molar-refractivity contribution is -0.147. The Kier molecular flexibility index (Phi) is 2.95. The molecule has 0 saturated carbocycles. The summed E-state index contributed by atoms with van der Waals surface area (Å²) in [5.41, 5.74) is -0.334. The van der Waals surface area contributed by atoms with E-state index in [2.05, 4.69) is 0 Å². The van der Waals surface area contributed by atoms with E-state index in [4.69, 9.17) is 5.11 Å². The van der Waals surface area contributed by atoms with Gasteiger partial charge in [-0.2, -0.15) is 0 Å². The SMILES string of the molecule is CC(C)(C)C(=O)C1CN(C(=O)CO)C1. The minimum atomic E-state index is -0.462. The summed E-state index contributed by atoms with van der Waals surface area (Å²) < 4.78 is 0. The van der Waals surface area contributed by atoms with Crippen molar-refractivity contribution in [2.75, 3.05) is 19.7 Å². The van der Waals surface area contributed by atoms with Crippen molar-refractivity contribution < 1.29 is 14.7 Å². The molecule has 0 atom stereocenters. The van der Waals surface area contributed by atoms with Gasteiger partial charge in [-0.3, -0.25) is 9.59 Å². The van der Waals surface area contributed by atoms with Gasteiger partial charge >= 0.3 is 0 Å². The molecule has 80 valence electrons. The van der Waals surface area contributed by atoms with Crippen molar-refractivity contribution in [1.29, 1.82) is 0 Å². The first-order valence-electron chi connectivity index (χ1n) is 4.79. The lowest BCUT2D eigenvalue weighted by Crippen LogP contribution is -2.55. The molecule has 1 aliphatic rings. The van der Waals surface area contributed by atoms with Crippen molar-refractivity contribution in [3.05, 3.63) is 0 Å². The van der Waals surface area contributed by atoms with Gasteiger partial charge in [-0.25, -0.2) is 0 Å². The van der Waals surface area contributed by atoms with E-state index >= 15 is 0 Å². The van der Waals surface area contributed by atoms with Crippen LogP contribution < -0.4 is 0 Å². The van der Waals surface area contributed by atoms with Crippen LogP contribution in [-0.2, 0) is 9.59 Å². The van der Waals surface area contributed by atoms with Crippen LogP contribution >= 0.6 is 0 Å². The predicted molar refractivity (Wildman–Crippen MR) is 51.6 cm³/mol. The normalized spacial score (nSPS) is 17.9. The fraction of sp³-hybridized carbons (Fsp3) is 0.800. The third-order valence-electron chi connectivity index (χ3n) is 2.48. The molecule has 0 bridgehead atoms. The molecule has 1 heterocycles. The lowest BCUT2D eigenvalue weighted by atomic mass is 9.79. The number of carbonyl (C=O) groups is 2. The van der Waals surface area contributed by atoms with E-state index in [0.717, 1.165) is 0 Å². The van der Waals surface area contributed by atoms with Crippen LogP contribution in [0, 0.1) is 11.3 Å². The summed E-state index contributed by atoms with van der Waals surface area (Å²) in [4.78, 5) is 24.2. The molecule has 4 heteroatoms. The number of hydrogen-bond acceptors (Lipinski definition) is 3.